The fourth-order valence-corrected chi connectivity index (χ4v) is 2.45. The molecule has 2 rings (SSSR count). The van der Waals surface area contributed by atoms with E-state index in [1.165, 1.54) is 0 Å². The van der Waals surface area contributed by atoms with Crippen LogP contribution in [0.25, 0.3) is 0 Å². The van der Waals surface area contributed by atoms with E-state index in [1.807, 2.05) is 24.3 Å². The first-order valence-corrected chi connectivity index (χ1v) is 6.15. The lowest BCUT2D eigenvalue weighted by Crippen LogP contribution is -2.46. The number of alkyl halides is 1. The molecule has 1 heterocycles. The van der Waals surface area contributed by atoms with E-state index in [9.17, 15) is 4.39 Å². The smallest absolute Gasteiger partial charge is 0.122 e. The predicted molar refractivity (Wildman–Crippen MR) is 67.2 cm³/mol. The molecular weight excluding hydrogens is 217 g/mol. The molecule has 17 heavy (non-hydrogen) atoms. The number of halogens is 1. The van der Waals surface area contributed by atoms with Crippen molar-refractivity contribution in [1.82, 2.24) is 5.32 Å². The van der Waals surface area contributed by atoms with Gasteiger partial charge < -0.3 is 10.1 Å². The van der Waals surface area contributed by atoms with Crippen LogP contribution in [0.15, 0.2) is 24.3 Å². The number of benzene rings is 1. The minimum Gasteiger partial charge on any atom is -0.496 e. The average molecular weight is 237 g/mol. The molecule has 1 aliphatic rings. The number of piperidine rings is 1. The predicted octanol–water partition coefficient (Wildman–Crippen LogP) is 2.58. The van der Waals surface area contributed by atoms with Crippen LogP contribution in [0.1, 0.15) is 18.9 Å². The van der Waals surface area contributed by atoms with Gasteiger partial charge in [0.2, 0.25) is 0 Å². The molecule has 0 aromatic heterocycles. The van der Waals surface area contributed by atoms with Crippen molar-refractivity contribution >= 4 is 0 Å². The molecule has 1 saturated heterocycles. The summed E-state index contributed by atoms with van der Waals surface area (Å²) in [6.07, 6.45) is 1.32. The van der Waals surface area contributed by atoms with Crippen molar-refractivity contribution in [2.45, 2.75) is 25.4 Å². The number of hydrogen-bond donors (Lipinski definition) is 1. The Morgan fingerprint density at radius 2 is 2.24 bits per heavy atom. The first-order chi connectivity index (χ1) is 8.13. The van der Waals surface area contributed by atoms with E-state index in [0.717, 1.165) is 30.8 Å². The third-order valence-electron chi connectivity index (χ3n) is 3.69. The summed E-state index contributed by atoms with van der Waals surface area (Å²) in [5.74, 6) is 0.876. The lowest BCUT2D eigenvalue weighted by Gasteiger charge is -2.35. The monoisotopic (exact) mass is 237 g/mol. The van der Waals surface area contributed by atoms with E-state index in [2.05, 4.69) is 5.32 Å². The summed E-state index contributed by atoms with van der Waals surface area (Å²) in [5, 5.41) is 3.27. The third-order valence-corrected chi connectivity index (χ3v) is 3.69. The van der Waals surface area contributed by atoms with Gasteiger partial charge in [0.1, 0.15) is 11.4 Å². The summed E-state index contributed by atoms with van der Waals surface area (Å²) in [4.78, 5) is 0. The second-order valence-corrected chi connectivity index (χ2v) is 4.95. The molecule has 1 N–H and O–H groups in total. The molecule has 1 fully saturated rings. The summed E-state index contributed by atoms with van der Waals surface area (Å²) in [6.45, 7) is 3.23. The van der Waals surface area contributed by atoms with E-state index in [1.54, 1.807) is 14.0 Å². The molecule has 3 heteroatoms. The Labute approximate surface area is 102 Å². The standard InChI is InChI=1S/C14H20FNO/c1-14(15)7-8-16-10-12(14)9-11-5-3-4-6-13(11)17-2/h3-6,12,16H,7-10H2,1-2H3. The molecular formula is C14H20FNO. The van der Waals surface area contributed by atoms with Crippen LogP contribution in [0.4, 0.5) is 4.39 Å². The zero-order valence-corrected chi connectivity index (χ0v) is 10.5. The molecule has 0 spiro atoms. The summed E-state index contributed by atoms with van der Waals surface area (Å²) < 4.78 is 19.7. The molecule has 1 aliphatic heterocycles. The fourth-order valence-electron chi connectivity index (χ4n) is 2.45. The topological polar surface area (TPSA) is 21.3 Å². The van der Waals surface area contributed by atoms with Gasteiger partial charge in [0, 0.05) is 12.5 Å². The van der Waals surface area contributed by atoms with Gasteiger partial charge in [-0.1, -0.05) is 18.2 Å². The first kappa shape index (κ1) is 12.4. The van der Waals surface area contributed by atoms with Crippen LogP contribution < -0.4 is 10.1 Å². The quantitative estimate of drug-likeness (QED) is 0.872. The number of nitrogens with one attached hydrogen (secondary N) is 1. The zero-order chi connectivity index (χ0) is 12.3. The zero-order valence-electron chi connectivity index (χ0n) is 10.5. The Balaban J connectivity index is 2.14. The van der Waals surface area contributed by atoms with Crippen LogP contribution in [0.5, 0.6) is 5.75 Å². The van der Waals surface area contributed by atoms with Crippen LogP contribution >= 0.6 is 0 Å². The summed E-state index contributed by atoms with van der Waals surface area (Å²) in [7, 11) is 1.66. The minimum atomic E-state index is -1.08. The Morgan fingerprint density at radius 3 is 2.94 bits per heavy atom. The highest BCUT2D eigenvalue weighted by molar-refractivity contribution is 5.33. The highest BCUT2D eigenvalue weighted by Gasteiger charge is 2.36. The molecule has 2 atom stereocenters. The Morgan fingerprint density at radius 1 is 1.47 bits per heavy atom. The van der Waals surface area contributed by atoms with Gasteiger partial charge >= 0.3 is 0 Å². The Bertz CT molecular complexity index is 378. The molecule has 0 aliphatic carbocycles. The molecule has 1 aromatic carbocycles. The van der Waals surface area contributed by atoms with Crippen LogP contribution in [0.2, 0.25) is 0 Å². The highest BCUT2D eigenvalue weighted by Crippen LogP contribution is 2.33. The van der Waals surface area contributed by atoms with Gasteiger partial charge in [-0.3, -0.25) is 0 Å². The molecule has 0 amide bonds. The second-order valence-electron chi connectivity index (χ2n) is 4.95. The summed E-state index contributed by atoms with van der Waals surface area (Å²) in [5.41, 5.74) is 0.0131. The molecule has 94 valence electrons. The fraction of sp³-hybridized carbons (Fsp3) is 0.571. The van der Waals surface area contributed by atoms with Crippen molar-refractivity contribution < 1.29 is 9.13 Å². The second kappa shape index (κ2) is 5.05. The van der Waals surface area contributed by atoms with Gasteiger partial charge in [-0.25, -0.2) is 4.39 Å². The van der Waals surface area contributed by atoms with Gasteiger partial charge in [0.25, 0.3) is 0 Å². The lowest BCUT2D eigenvalue weighted by molar-refractivity contribution is 0.0673. The lowest BCUT2D eigenvalue weighted by atomic mass is 9.81. The van der Waals surface area contributed by atoms with E-state index >= 15 is 0 Å². The highest BCUT2D eigenvalue weighted by atomic mass is 19.1. The molecule has 0 bridgehead atoms. The number of hydrogen-bond acceptors (Lipinski definition) is 2. The first-order valence-electron chi connectivity index (χ1n) is 6.15. The maximum absolute atomic E-state index is 14.4. The van der Waals surface area contributed by atoms with Crippen molar-refractivity contribution in [2.24, 2.45) is 5.92 Å². The molecule has 2 nitrogen and oxygen atoms in total. The van der Waals surface area contributed by atoms with E-state index in [0.29, 0.717) is 6.42 Å². The maximum atomic E-state index is 14.4. The number of rotatable bonds is 3. The molecule has 1 aromatic rings. The van der Waals surface area contributed by atoms with Crippen molar-refractivity contribution in [3.63, 3.8) is 0 Å². The van der Waals surface area contributed by atoms with Crippen molar-refractivity contribution in [3.05, 3.63) is 29.8 Å². The van der Waals surface area contributed by atoms with Gasteiger partial charge in [-0.2, -0.15) is 0 Å². The molecule has 2 unspecified atom stereocenters. The van der Waals surface area contributed by atoms with Crippen LogP contribution in [0, 0.1) is 5.92 Å². The Kier molecular flexibility index (Phi) is 3.67. The van der Waals surface area contributed by atoms with Crippen LogP contribution in [-0.4, -0.2) is 25.9 Å². The minimum absolute atomic E-state index is 0.0209. The van der Waals surface area contributed by atoms with E-state index < -0.39 is 5.67 Å². The van der Waals surface area contributed by atoms with Crippen LogP contribution in [-0.2, 0) is 6.42 Å². The molecule has 0 saturated carbocycles. The van der Waals surface area contributed by atoms with Gasteiger partial charge in [0.05, 0.1) is 7.11 Å². The molecule has 0 radical (unpaired) electrons. The van der Waals surface area contributed by atoms with Crippen LogP contribution in [0.3, 0.4) is 0 Å². The Hall–Kier alpha value is -1.09. The summed E-state index contributed by atoms with van der Waals surface area (Å²) >= 11 is 0. The van der Waals surface area contributed by atoms with Gasteiger partial charge in [0.15, 0.2) is 0 Å². The largest absolute Gasteiger partial charge is 0.496 e. The van der Waals surface area contributed by atoms with E-state index in [4.69, 9.17) is 4.74 Å². The number of methoxy groups -OCH3 is 1. The van der Waals surface area contributed by atoms with Gasteiger partial charge in [-0.05, 0) is 37.9 Å². The van der Waals surface area contributed by atoms with Crippen molar-refractivity contribution in [3.8, 4) is 5.75 Å². The van der Waals surface area contributed by atoms with Crippen molar-refractivity contribution in [1.29, 1.82) is 0 Å². The number of para-hydroxylation sites is 1. The maximum Gasteiger partial charge on any atom is 0.122 e. The van der Waals surface area contributed by atoms with E-state index in [-0.39, 0.29) is 5.92 Å². The number of ether oxygens (including phenoxy) is 1. The van der Waals surface area contributed by atoms with Crippen molar-refractivity contribution in [2.75, 3.05) is 20.2 Å². The normalized spacial score (nSPS) is 29.0. The van der Waals surface area contributed by atoms with Gasteiger partial charge in [-0.15, -0.1) is 0 Å². The SMILES string of the molecule is COc1ccccc1CC1CNCCC1(C)F. The summed E-state index contributed by atoms with van der Waals surface area (Å²) in [6, 6.07) is 7.87. The third kappa shape index (κ3) is 2.78. The average Bonchev–Trinajstić information content (AvgIpc) is 2.32.